The largest absolute Gasteiger partial charge is 0.462 e. The third-order valence-corrected chi connectivity index (χ3v) is 4.07. The van der Waals surface area contributed by atoms with E-state index in [0.29, 0.717) is 28.6 Å². The quantitative estimate of drug-likeness (QED) is 0.506. The summed E-state index contributed by atoms with van der Waals surface area (Å²) in [5.41, 5.74) is 2.41. The van der Waals surface area contributed by atoms with Crippen LogP contribution in [0.25, 0.3) is 17.1 Å². The van der Waals surface area contributed by atoms with E-state index >= 15 is 0 Å². The second-order valence-corrected chi connectivity index (χ2v) is 6.00. The van der Waals surface area contributed by atoms with Crippen molar-refractivity contribution in [2.75, 3.05) is 11.9 Å². The normalized spacial score (nSPS) is 10.5. The molecule has 8 nitrogen and oxygen atoms in total. The number of nitrogens with one attached hydrogen (secondary N) is 1. The van der Waals surface area contributed by atoms with E-state index in [1.807, 2.05) is 48.5 Å². The molecule has 1 N–H and O–H groups in total. The van der Waals surface area contributed by atoms with Crippen LogP contribution in [0, 0.1) is 0 Å². The molecule has 0 bridgehead atoms. The van der Waals surface area contributed by atoms with E-state index in [2.05, 4.69) is 25.4 Å². The Morgan fingerprint density at radius 2 is 1.86 bits per heavy atom. The van der Waals surface area contributed by atoms with Crippen molar-refractivity contribution in [2.24, 2.45) is 0 Å². The third kappa shape index (κ3) is 3.96. The average Bonchev–Trinajstić information content (AvgIpc) is 3.19. The number of rotatable bonds is 6. The molecule has 0 amide bonds. The van der Waals surface area contributed by atoms with Crippen molar-refractivity contribution in [2.45, 2.75) is 6.92 Å². The predicted molar refractivity (Wildman–Crippen MR) is 108 cm³/mol. The van der Waals surface area contributed by atoms with Crippen molar-refractivity contribution in [3.63, 3.8) is 0 Å². The van der Waals surface area contributed by atoms with Crippen LogP contribution in [0.5, 0.6) is 0 Å². The van der Waals surface area contributed by atoms with Crippen molar-refractivity contribution in [1.29, 1.82) is 0 Å². The summed E-state index contributed by atoms with van der Waals surface area (Å²) in [6.07, 6.45) is 6.38. The van der Waals surface area contributed by atoms with Crippen LogP contribution in [-0.4, -0.2) is 37.3 Å². The molecule has 29 heavy (non-hydrogen) atoms. The Bertz CT molecular complexity index is 1110. The van der Waals surface area contributed by atoms with E-state index in [9.17, 15) is 4.79 Å². The number of hydrogen-bond donors (Lipinski definition) is 1. The first-order valence-corrected chi connectivity index (χ1v) is 9.07. The highest BCUT2D eigenvalue weighted by Gasteiger charge is 2.20. The molecule has 144 valence electrons. The van der Waals surface area contributed by atoms with Crippen molar-refractivity contribution in [3.8, 4) is 17.1 Å². The SMILES string of the molecule is CCOC(=O)c1cnn(-c2ccccc2)c1Nc1cncc(-c2ccccn2)n1. The summed E-state index contributed by atoms with van der Waals surface area (Å²) in [6.45, 7) is 2.03. The number of esters is 1. The van der Waals surface area contributed by atoms with Gasteiger partial charge in [-0.3, -0.25) is 9.97 Å². The zero-order chi connectivity index (χ0) is 20.1. The first-order valence-electron chi connectivity index (χ1n) is 9.07. The van der Waals surface area contributed by atoms with Crippen molar-refractivity contribution in [1.82, 2.24) is 24.7 Å². The van der Waals surface area contributed by atoms with Gasteiger partial charge in [0.2, 0.25) is 0 Å². The number of hydrogen-bond acceptors (Lipinski definition) is 7. The van der Waals surface area contributed by atoms with Crippen LogP contribution in [0.3, 0.4) is 0 Å². The van der Waals surface area contributed by atoms with Gasteiger partial charge in [0, 0.05) is 6.20 Å². The highest BCUT2D eigenvalue weighted by molar-refractivity contribution is 5.95. The van der Waals surface area contributed by atoms with Gasteiger partial charge < -0.3 is 10.1 Å². The Kier molecular flexibility index (Phi) is 5.24. The second-order valence-electron chi connectivity index (χ2n) is 6.00. The molecule has 8 heteroatoms. The van der Waals surface area contributed by atoms with Gasteiger partial charge in [-0.1, -0.05) is 24.3 Å². The van der Waals surface area contributed by atoms with Crippen molar-refractivity contribution < 1.29 is 9.53 Å². The molecule has 0 spiro atoms. The maximum absolute atomic E-state index is 12.4. The molecule has 1 aromatic carbocycles. The minimum absolute atomic E-state index is 0.268. The van der Waals surface area contributed by atoms with Crippen LogP contribution >= 0.6 is 0 Å². The molecule has 0 aliphatic rings. The smallest absolute Gasteiger partial charge is 0.343 e. The fourth-order valence-corrected chi connectivity index (χ4v) is 2.78. The Labute approximate surface area is 167 Å². The van der Waals surface area contributed by atoms with E-state index in [1.54, 1.807) is 30.2 Å². The molecule has 3 aromatic heterocycles. The van der Waals surface area contributed by atoms with Crippen LogP contribution in [0.15, 0.2) is 73.3 Å². The molecule has 0 unspecified atom stereocenters. The van der Waals surface area contributed by atoms with Gasteiger partial charge in [-0.05, 0) is 31.2 Å². The van der Waals surface area contributed by atoms with Gasteiger partial charge in [-0.25, -0.2) is 14.5 Å². The number of para-hydroxylation sites is 1. The van der Waals surface area contributed by atoms with Gasteiger partial charge in [0.15, 0.2) is 5.82 Å². The molecular weight excluding hydrogens is 368 g/mol. The Morgan fingerprint density at radius 1 is 1.03 bits per heavy atom. The first kappa shape index (κ1) is 18.3. The lowest BCUT2D eigenvalue weighted by Crippen LogP contribution is -2.10. The van der Waals surface area contributed by atoms with Gasteiger partial charge in [-0.2, -0.15) is 5.10 Å². The van der Waals surface area contributed by atoms with E-state index in [0.717, 1.165) is 5.69 Å². The summed E-state index contributed by atoms with van der Waals surface area (Å²) in [6, 6.07) is 15.1. The fourth-order valence-electron chi connectivity index (χ4n) is 2.78. The minimum Gasteiger partial charge on any atom is -0.462 e. The zero-order valence-electron chi connectivity index (χ0n) is 15.7. The topological polar surface area (TPSA) is 94.8 Å². The highest BCUT2D eigenvalue weighted by Crippen LogP contribution is 2.25. The lowest BCUT2D eigenvalue weighted by Gasteiger charge is -2.12. The summed E-state index contributed by atoms with van der Waals surface area (Å²) < 4.78 is 6.80. The predicted octanol–water partition coefficient (Wildman–Crippen LogP) is 3.64. The molecule has 0 atom stereocenters. The standard InChI is InChI=1S/C21H18N6O2/c1-2-29-21(28)16-12-24-27(15-8-4-3-5-9-15)20(16)26-19-14-22-13-18(25-19)17-10-6-7-11-23-17/h3-14H,2H2,1H3,(H,25,26). The number of ether oxygens (including phenoxy) is 1. The van der Waals surface area contributed by atoms with Crippen molar-refractivity contribution in [3.05, 3.63) is 78.9 Å². The van der Waals surface area contributed by atoms with Gasteiger partial charge in [0.05, 0.1) is 36.6 Å². The molecular formula is C21H18N6O2. The third-order valence-electron chi connectivity index (χ3n) is 4.07. The van der Waals surface area contributed by atoms with E-state index in [1.165, 1.54) is 6.20 Å². The van der Waals surface area contributed by atoms with Gasteiger partial charge in [0.25, 0.3) is 0 Å². The van der Waals surface area contributed by atoms with Crippen molar-refractivity contribution >= 4 is 17.6 Å². The summed E-state index contributed by atoms with van der Waals surface area (Å²) in [5.74, 6) is 0.435. The molecule has 4 rings (SSSR count). The summed E-state index contributed by atoms with van der Waals surface area (Å²) >= 11 is 0. The van der Waals surface area contributed by atoms with Gasteiger partial charge in [0.1, 0.15) is 17.1 Å². The molecule has 0 aliphatic heterocycles. The number of carbonyl (C=O) groups excluding carboxylic acids is 1. The molecule has 4 aromatic rings. The molecule has 0 fully saturated rings. The van der Waals surface area contributed by atoms with Crippen LogP contribution in [0.2, 0.25) is 0 Å². The zero-order valence-corrected chi connectivity index (χ0v) is 15.7. The molecule has 0 saturated carbocycles. The van der Waals surface area contributed by atoms with Crippen LogP contribution < -0.4 is 5.32 Å². The fraction of sp³-hybridized carbons (Fsp3) is 0.0952. The lowest BCUT2D eigenvalue weighted by molar-refractivity contribution is 0.0527. The van der Waals surface area contributed by atoms with Gasteiger partial charge >= 0.3 is 5.97 Å². The summed E-state index contributed by atoms with van der Waals surface area (Å²) in [4.78, 5) is 25.5. The Balaban J connectivity index is 1.74. The number of nitrogens with zero attached hydrogens (tertiary/aromatic N) is 5. The number of benzene rings is 1. The highest BCUT2D eigenvalue weighted by atomic mass is 16.5. The van der Waals surface area contributed by atoms with E-state index in [4.69, 9.17) is 4.74 Å². The molecule has 0 saturated heterocycles. The number of anilines is 2. The average molecular weight is 386 g/mol. The first-order chi connectivity index (χ1) is 14.3. The van der Waals surface area contributed by atoms with Crippen LogP contribution in [0.1, 0.15) is 17.3 Å². The summed E-state index contributed by atoms with van der Waals surface area (Å²) in [5, 5.41) is 7.53. The molecule has 3 heterocycles. The van der Waals surface area contributed by atoms with Crippen LogP contribution in [-0.2, 0) is 4.74 Å². The lowest BCUT2D eigenvalue weighted by atomic mass is 10.3. The molecule has 0 radical (unpaired) electrons. The maximum atomic E-state index is 12.4. The summed E-state index contributed by atoms with van der Waals surface area (Å²) in [7, 11) is 0. The maximum Gasteiger partial charge on any atom is 0.343 e. The number of pyridine rings is 1. The minimum atomic E-state index is -0.467. The Morgan fingerprint density at radius 3 is 2.62 bits per heavy atom. The van der Waals surface area contributed by atoms with E-state index < -0.39 is 5.97 Å². The number of aromatic nitrogens is 5. The second kappa shape index (κ2) is 8.30. The Hall–Kier alpha value is -4.07. The molecule has 0 aliphatic carbocycles. The monoisotopic (exact) mass is 386 g/mol. The van der Waals surface area contributed by atoms with Crippen LogP contribution in [0.4, 0.5) is 11.6 Å². The van der Waals surface area contributed by atoms with E-state index in [-0.39, 0.29) is 6.61 Å². The van der Waals surface area contributed by atoms with Gasteiger partial charge in [-0.15, -0.1) is 0 Å². The number of carbonyl (C=O) groups is 1.